The number of anilines is 1. The lowest BCUT2D eigenvalue weighted by molar-refractivity contribution is -0.153. The number of fused-ring (bicyclic) bond motifs is 3. The average molecular weight is 584 g/mol. The van der Waals surface area contributed by atoms with Crippen LogP contribution in [-0.2, 0) is 27.3 Å². The zero-order valence-electron chi connectivity index (χ0n) is 22.5. The molecule has 0 radical (unpaired) electrons. The van der Waals surface area contributed by atoms with Crippen LogP contribution >= 0.6 is 0 Å². The number of aliphatic hydroxyl groups is 3. The van der Waals surface area contributed by atoms with Gasteiger partial charge in [0.1, 0.15) is 22.8 Å². The predicted octanol–water partition coefficient (Wildman–Crippen LogP) is 0.316. The van der Waals surface area contributed by atoms with Gasteiger partial charge in [-0.15, -0.1) is 0 Å². The second-order valence-corrected chi connectivity index (χ2v) is 10.9. The van der Waals surface area contributed by atoms with Gasteiger partial charge in [0, 0.05) is 37.2 Å². The van der Waals surface area contributed by atoms with Gasteiger partial charge < -0.3 is 36.5 Å². The lowest BCUT2D eigenvalue weighted by atomic mass is 9.57. The number of nitrogens with two attached hydrogens (primary N) is 2. The summed E-state index contributed by atoms with van der Waals surface area (Å²) in [6.45, 7) is -0.685. The molecule has 12 nitrogen and oxygen atoms in total. The van der Waals surface area contributed by atoms with Crippen molar-refractivity contribution in [2.24, 2.45) is 23.4 Å². The molecule has 1 aromatic carbocycles. The van der Waals surface area contributed by atoms with E-state index in [-0.39, 0.29) is 36.1 Å². The number of nitrogens with zero attached hydrogens (tertiary/aromatic N) is 2. The molecular formula is C26H32F3N5O7. The molecule has 0 aromatic heterocycles. The molecule has 1 amide bonds. The van der Waals surface area contributed by atoms with Gasteiger partial charge in [0.15, 0.2) is 11.4 Å². The molecule has 3 aliphatic carbocycles. The highest BCUT2D eigenvalue weighted by Crippen LogP contribution is 2.54. The van der Waals surface area contributed by atoms with Gasteiger partial charge in [0.05, 0.1) is 23.7 Å². The van der Waals surface area contributed by atoms with Crippen LogP contribution in [0, 0.1) is 11.8 Å². The van der Waals surface area contributed by atoms with Crippen LogP contribution in [0.25, 0.3) is 5.76 Å². The Bertz CT molecular complexity index is 1390. The number of halogens is 3. The van der Waals surface area contributed by atoms with Crippen LogP contribution in [0.5, 0.6) is 5.75 Å². The van der Waals surface area contributed by atoms with Crippen LogP contribution in [0.2, 0.25) is 0 Å². The van der Waals surface area contributed by atoms with Gasteiger partial charge in [-0.25, -0.2) is 5.84 Å². The van der Waals surface area contributed by atoms with Crippen molar-refractivity contribution >= 4 is 28.9 Å². The van der Waals surface area contributed by atoms with Crippen molar-refractivity contribution in [3.63, 3.8) is 0 Å². The quantitative estimate of drug-likeness (QED) is 0.101. The van der Waals surface area contributed by atoms with Gasteiger partial charge in [0.2, 0.25) is 5.78 Å². The van der Waals surface area contributed by atoms with E-state index in [1.165, 1.54) is 37.1 Å². The fourth-order valence-electron chi connectivity index (χ4n) is 6.25. The summed E-state index contributed by atoms with van der Waals surface area (Å²) in [6, 6.07) is 0.233. The van der Waals surface area contributed by atoms with E-state index < -0.39 is 82.9 Å². The molecule has 1 aromatic rings. The number of hydrazine groups is 1. The highest BCUT2D eigenvalue weighted by molar-refractivity contribution is 6.24. The Morgan fingerprint density at radius 3 is 2.37 bits per heavy atom. The molecule has 4 atom stereocenters. The molecule has 0 bridgehead atoms. The predicted molar refractivity (Wildman–Crippen MR) is 139 cm³/mol. The van der Waals surface area contributed by atoms with Crippen molar-refractivity contribution < 1.29 is 48.0 Å². The summed E-state index contributed by atoms with van der Waals surface area (Å²) >= 11 is 0. The molecule has 9 N–H and O–H groups in total. The van der Waals surface area contributed by atoms with Gasteiger partial charge >= 0.3 is 6.18 Å². The van der Waals surface area contributed by atoms with E-state index in [4.69, 9.17) is 11.6 Å². The van der Waals surface area contributed by atoms with Crippen molar-refractivity contribution in [2.75, 3.05) is 32.7 Å². The Balaban J connectivity index is 1.87. The van der Waals surface area contributed by atoms with Crippen LogP contribution in [0.4, 0.5) is 18.9 Å². The molecule has 0 saturated heterocycles. The van der Waals surface area contributed by atoms with E-state index in [9.17, 15) is 48.0 Å². The number of hydrogen-bond donors (Lipinski definition) is 7. The monoisotopic (exact) mass is 583 g/mol. The van der Waals surface area contributed by atoms with Crippen LogP contribution < -0.4 is 21.9 Å². The second kappa shape index (κ2) is 10.3. The van der Waals surface area contributed by atoms with Crippen LogP contribution in [0.15, 0.2) is 23.0 Å². The van der Waals surface area contributed by atoms with Gasteiger partial charge in [-0.05, 0) is 44.5 Å². The maximum Gasteiger partial charge on any atom is 0.390 e. The lowest BCUT2D eigenvalue weighted by Crippen LogP contribution is -2.65. The van der Waals surface area contributed by atoms with E-state index >= 15 is 0 Å². The third-order valence-corrected chi connectivity index (χ3v) is 8.06. The highest BCUT2D eigenvalue weighted by atomic mass is 19.4. The molecule has 1 fully saturated rings. The smallest absolute Gasteiger partial charge is 0.390 e. The van der Waals surface area contributed by atoms with Gasteiger partial charge in [0.25, 0.3) is 5.91 Å². The van der Waals surface area contributed by atoms with E-state index in [1.807, 2.05) is 0 Å². The topological polar surface area (TPSA) is 203 Å². The van der Waals surface area contributed by atoms with E-state index in [0.717, 1.165) is 0 Å². The number of alkyl halides is 3. The number of amides is 1. The Labute approximate surface area is 232 Å². The summed E-state index contributed by atoms with van der Waals surface area (Å²) in [5, 5.41) is 48.9. The molecular weight excluding hydrogens is 551 g/mol. The number of aromatic hydroxyl groups is 1. The van der Waals surface area contributed by atoms with Crippen molar-refractivity contribution in [1.82, 2.24) is 10.2 Å². The molecule has 0 unspecified atom stereocenters. The number of phenolic OH excluding ortho intramolecular Hbond substituents is 1. The molecule has 3 aliphatic rings. The minimum atomic E-state index is -4.39. The average Bonchev–Trinajstić information content (AvgIpc) is 2.83. The first-order valence-corrected chi connectivity index (χ1v) is 12.7. The number of nitrogens with one attached hydrogen (secondary N) is 1. The molecule has 15 heteroatoms. The minimum Gasteiger partial charge on any atom is -0.508 e. The number of carbonyl (C=O) groups excluding carboxylic acids is 3. The summed E-state index contributed by atoms with van der Waals surface area (Å²) in [5.41, 5.74) is 1.78. The molecule has 0 aliphatic heterocycles. The Hall–Kier alpha value is -3.66. The standard InChI is InChI=1S/C26H32F3N5O7/c1-33(2)18-13-7-10-6-12-14(34(3)31)8-11(9-32-5-4-25(27,28)29)19(35)16(12)20(36)15(10)22(38)26(13,41)23(39)17(21(18)37)24(30)40/h8,10,13,18,32,35-36,39,41H,4-7,9,31H2,1-3H3,(H2,30,40)/t10-,13-,18-,26-/m0/s1. The molecule has 1 saturated carbocycles. The highest BCUT2D eigenvalue weighted by Gasteiger charge is 2.64. The molecule has 224 valence electrons. The number of benzene rings is 1. The largest absolute Gasteiger partial charge is 0.508 e. The normalized spacial score (nSPS) is 26.2. The fourth-order valence-corrected chi connectivity index (χ4v) is 6.25. The number of carbonyl (C=O) groups is 3. The SMILES string of the molecule is CN(N)c1cc(CNCCC(F)(F)F)c(O)c2c1C[C@H]1C[C@H]3[C@H](N(C)C)C(=O)C(C(N)=O)=C(O)[C@@]3(O)C(=O)C1=C2O. The molecule has 0 spiro atoms. The summed E-state index contributed by atoms with van der Waals surface area (Å²) < 4.78 is 37.7. The van der Waals surface area contributed by atoms with Crippen LogP contribution in [0.1, 0.15) is 29.5 Å². The van der Waals surface area contributed by atoms with Gasteiger partial charge in [-0.3, -0.25) is 19.3 Å². The zero-order valence-corrected chi connectivity index (χ0v) is 22.5. The Morgan fingerprint density at radius 1 is 1.20 bits per heavy atom. The number of ketones is 2. The molecule has 41 heavy (non-hydrogen) atoms. The number of likely N-dealkylation sites (N-methyl/N-ethyl adjacent to an activating group) is 1. The Morgan fingerprint density at radius 2 is 1.83 bits per heavy atom. The third kappa shape index (κ3) is 4.81. The van der Waals surface area contributed by atoms with E-state index in [0.29, 0.717) is 11.3 Å². The summed E-state index contributed by atoms with van der Waals surface area (Å²) in [7, 11) is 4.47. The summed E-state index contributed by atoms with van der Waals surface area (Å²) in [4.78, 5) is 40.6. The maximum absolute atomic E-state index is 13.9. The summed E-state index contributed by atoms with van der Waals surface area (Å²) in [6.07, 6.45) is -5.59. The van der Waals surface area contributed by atoms with Crippen molar-refractivity contribution in [1.29, 1.82) is 0 Å². The molecule has 4 rings (SSSR count). The number of primary amides is 1. The number of aliphatic hydroxyl groups excluding tert-OH is 2. The summed E-state index contributed by atoms with van der Waals surface area (Å²) in [5.74, 6) is -1.83. The molecule has 0 heterocycles. The third-order valence-electron chi connectivity index (χ3n) is 8.06. The zero-order chi connectivity index (χ0) is 30.8. The van der Waals surface area contributed by atoms with Crippen LogP contribution in [-0.4, -0.2) is 88.3 Å². The fraction of sp³-hybridized carbons (Fsp3) is 0.500. The Kier molecular flexibility index (Phi) is 7.62. The van der Waals surface area contributed by atoms with Gasteiger partial charge in [-0.2, -0.15) is 13.2 Å². The van der Waals surface area contributed by atoms with E-state index in [2.05, 4.69) is 5.32 Å². The van der Waals surface area contributed by atoms with Crippen LogP contribution in [0.3, 0.4) is 0 Å². The number of phenols is 1. The second-order valence-electron chi connectivity index (χ2n) is 10.9. The van der Waals surface area contributed by atoms with E-state index in [1.54, 1.807) is 0 Å². The van der Waals surface area contributed by atoms with Crippen molar-refractivity contribution in [3.8, 4) is 5.75 Å². The van der Waals surface area contributed by atoms with Crippen molar-refractivity contribution in [2.45, 2.75) is 43.6 Å². The first-order chi connectivity index (χ1) is 18.9. The lowest BCUT2D eigenvalue weighted by Gasteiger charge is -2.50. The number of rotatable bonds is 7. The first kappa shape index (κ1) is 30.3. The minimum absolute atomic E-state index is 0.0146. The maximum atomic E-state index is 13.9. The number of hydrogen-bond acceptors (Lipinski definition) is 11. The number of Topliss-reactive ketones (excluding diaryl/α,β-unsaturated/α-hetero) is 2. The van der Waals surface area contributed by atoms with Gasteiger partial charge in [-0.1, -0.05) is 0 Å². The first-order valence-electron chi connectivity index (χ1n) is 12.7. The van der Waals surface area contributed by atoms with Crippen molar-refractivity contribution in [3.05, 3.63) is 39.7 Å².